The molecule has 0 bridgehead atoms. The molecule has 0 atom stereocenters. The van der Waals surface area contributed by atoms with Crippen molar-refractivity contribution in [2.75, 3.05) is 13.6 Å². The van der Waals surface area contributed by atoms with E-state index in [0.29, 0.717) is 5.56 Å². The van der Waals surface area contributed by atoms with Crippen LogP contribution in [0.1, 0.15) is 30.9 Å². The summed E-state index contributed by atoms with van der Waals surface area (Å²) in [5.74, 6) is 0. The summed E-state index contributed by atoms with van der Waals surface area (Å²) < 4.78 is 0. The Bertz CT molecular complexity index is 577. The Morgan fingerprint density at radius 3 is 2.70 bits per heavy atom. The molecule has 0 aliphatic heterocycles. The van der Waals surface area contributed by atoms with Crippen molar-refractivity contribution in [3.63, 3.8) is 0 Å². The summed E-state index contributed by atoms with van der Waals surface area (Å²) in [6.07, 6.45) is 4.30. The molecule has 1 heterocycles. The van der Waals surface area contributed by atoms with E-state index < -0.39 is 0 Å². The van der Waals surface area contributed by atoms with Gasteiger partial charge in [-0.1, -0.05) is 25.5 Å². The average Bonchev–Trinajstić information content (AvgIpc) is 2.93. The monoisotopic (exact) mass is 268 g/mol. The molecule has 1 aromatic heterocycles. The van der Waals surface area contributed by atoms with Crippen LogP contribution in [0.4, 0.5) is 0 Å². The highest BCUT2D eigenvalue weighted by atomic mass is 15.1. The minimum Gasteiger partial charge on any atom is -0.302 e. The number of H-pyrrole nitrogens is 1. The van der Waals surface area contributed by atoms with E-state index in [1.54, 1.807) is 0 Å². The predicted molar refractivity (Wildman–Crippen MR) is 80.0 cm³/mol. The molecular weight excluding hydrogens is 248 g/mol. The van der Waals surface area contributed by atoms with Gasteiger partial charge in [0, 0.05) is 12.1 Å². The number of unbranched alkanes of at least 4 members (excludes halogenated alkanes) is 1. The first-order chi connectivity index (χ1) is 9.74. The van der Waals surface area contributed by atoms with Gasteiger partial charge in [-0.3, -0.25) is 5.10 Å². The molecule has 0 aliphatic carbocycles. The summed E-state index contributed by atoms with van der Waals surface area (Å²) >= 11 is 0. The summed E-state index contributed by atoms with van der Waals surface area (Å²) in [5, 5.41) is 16.1. The van der Waals surface area contributed by atoms with Gasteiger partial charge in [0.2, 0.25) is 0 Å². The Morgan fingerprint density at radius 1 is 1.30 bits per heavy atom. The molecule has 0 spiro atoms. The van der Waals surface area contributed by atoms with Crippen LogP contribution in [0.15, 0.2) is 30.5 Å². The van der Waals surface area contributed by atoms with E-state index in [2.05, 4.69) is 35.1 Å². The van der Waals surface area contributed by atoms with Gasteiger partial charge in [0.15, 0.2) is 0 Å². The van der Waals surface area contributed by atoms with Gasteiger partial charge in [-0.15, -0.1) is 0 Å². The number of aromatic nitrogens is 2. The molecule has 2 rings (SSSR count). The van der Waals surface area contributed by atoms with Gasteiger partial charge < -0.3 is 4.90 Å². The third-order valence-corrected chi connectivity index (χ3v) is 3.35. The fourth-order valence-electron chi connectivity index (χ4n) is 2.19. The van der Waals surface area contributed by atoms with E-state index in [4.69, 9.17) is 5.26 Å². The molecule has 0 saturated carbocycles. The van der Waals surface area contributed by atoms with Gasteiger partial charge in [-0.25, -0.2) is 0 Å². The van der Waals surface area contributed by atoms with Gasteiger partial charge in [-0.2, -0.15) is 10.4 Å². The molecule has 0 fully saturated rings. The van der Waals surface area contributed by atoms with Gasteiger partial charge >= 0.3 is 0 Å². The van der Waals surface area contributed by atoms with Crippen molar-refractivity contribution in [2.24, 2.45) is 0 Å². The zero-order chi connectivity index (χ0) is 14.4. The molecule has 0 saturated heterocycles. The normalized spacial score (nSPS) is 10.7. The lowest BCUT2D eigenvalue weighted by Gasteiger charge is -2.16. The largest absolute Gasteiger partial charge is 0.302 e. The van der Waals surface area contributed by atoms with E-state index in [-0.39, 0.29) is 0 Å². The minimum atomic E-state index is 0.676. The molecule has 20 heavy (non-hydrogen) atoms. The standard InChI is InChI=1S/C16H20N4/c1-3-4-9-20(2)12-15-11-18-19-16(15)14-7-5-13(10-17)6-8-14/h5-8,11H,3-4,9,12H2,1-2H3,(H,18,19). The van der Waals surface area contributed by atoms with Crippen LogP contribution >= 0.6 is 0 Å². The van der Waals surface area contributed by atoms with Gasteiger partial charge in [0.05, 0.1) is 23.5 Å². The van der Waals surface area contributed by atoms with E-state index in [0.717, 1.165) is 24.3 Å². The zero-order valence-corrected chi connectivity index (χ0v) is 12.1. The average molecular weight is 268 g/mol. The lowest BCUT2D eigenvalue weighted by Crippen LogP contribution is -2.19. The minimum absolute atomic E-state index is 0.676. The first-order valence-corrected chi connectivity index (χ1v) is 6.96. The third kappa shape index (κ3) is 3.46. The van der Waals surface area contributed by atoms with Crippen molar-refractivity contribution in [1.82, 2.24) is 15.1 Å². The van der Waals surface area contributed by atoms with Crippen molar-refractivity contribution in [1.29, 1.82) is 5.26 Å². The maximum Gasteiger partial charge on any atom is 0.0991 e. The van der Waals surface area contributed by atoms with E-state index >= 15 is 0 Å². The molecule has 0 radical (unpaired) electrons. The highest BCUT2D eigenvalue weighted by Crippen LogP contribution is 2.22. The number of benzene rings is 1. The second-order valence-electron chi connectivity index (χ2n) is 5.05. The molecular formula is C16H20N4. The topological polar surface area (TPSA) is 55.7 Å². The molecule has 4 nitrogen and oxygen atoms in total. The van der Waals surface area contributed by atoms with Gasteiger partial charge in [0.25, 0.3) is 0 Å². The molecule has 0 amide bonds. The van der Waals surface area contributed by atoms with Crippen LogP contribution in [-0.2, 0) is 6.54 Å². The highest BCUT2D eigenvalue weighted by molar-refractivity contribution is 5.63. The van der Waals surface area contributed by atoms with Crippen molar-refractivity contribution >= 4 is 0 Å². The smallest absolute Gasteiger partial charge is 0.0991 e. The maximum atomic E-state index is 8.84. The third-order valence-electron chi connectivity index (χ3n) is 3.35. The van der Waals surface area contributed by atoms with Crippen LogP contribution in [0.5, 0.6) is 0 Å². The Morgan fingerprint density at radius 2 is 2.05 bits per heavy atom. The van der Waals surface area contributed by atoms with Crippen LogP contribution < -0.4 is 0 Å². The highest BCUT2D eigenvalue weighted by Gasteiger charge is 2.09. The molecule has 4 heteroatoms. The Hall–Kier alpha value is -2.12. The lowest BCUT2D eigenvalue weighted by molar-refractivity contribution is 0.321. The number of nitriles is 1. The van der Waals surface area contributed by atoms with Crippen molar-refractivity contribution in [3.8, 4) is 17.3 Å². The molecule has 0 aliphatic rings. The number of aromatic amines is 1. The summed E-state index contributed by atoms with van der Waals surface area (Å²) in [4.78, 5) is 2.31. The van der Waals surface area contributed by atoms with Gasteiger partial charge in [0.1, 0.15) is 0 Å². The second-order valence-corrected chi connectivity index (χ2v) is 5.05. The summed E-state index contributed by atoms with van der Waals surface area (Å²) in [6.45, 7) is 4.17. The zero-order valence-electron chi connectivity index (χ0n) is 12.1. The van der Waals surface area contributed by atoms with Crippen molar-refractivity contribution < 1.29 is 0 Å². The second kappa shape index (κ2) is 6.88. The van der Waals surface area contributed by atoms with E-state index in [1.807, 2.05) is 30.5 Å². The molecule has 104 valence electrons. The van der Waals surface area contributed by atoms with Crippen LogP contribution in [0, 0.1) is 11.3 Å². The van der Waals surface area contributed by atoms with E-state index in [1.165, 1.54) is 18.4 Å². The number of rotatable bonds is 6. The molecule has 0 unspecified atom stereocenters. The van der Waals surface area contributed by atoms with E-state index in [9.17, 15) is 0 Å². The summed E-state index contributed by atoms with van der Waals surface area (Å²) in [5.41, 5.74) is 3.97. The Balaban J connectivity index is 2.13. The fourth-order valence-corrected chi connectivity index (χ4v) is 2.19. The maximum absolute atomic E-state index is 8.84. The summed E-state index contributed by atoms with van der Waals surface area (Å²) in [7, 11) is 2.13. The lowest BCUT2D eigenvalue weighted by atomic mass is 10.1. The predicted octanol–water partition coefficient (Wildman–Crippen LogP) is 3.18. The van der Waals surface area contributed by atoms with Crippen LogP contribution in [0.2, 0.25) is 0 Å². The molecule has 1 aromatic carbocycles. The van der Waals surface area contributed by atoms with Crippen LogP contribution in [-0.4, -0.2) is 28.7 Å². The molecule has 1 N–H and O–H groups in total. The SMILES string of the molecule is CCCCN(C)Cc1cn[nH]c1-c1ccc(C#N)cc1. The Kier molecular flexibility index (Phi) is 4.91. The summed E-state index contributed by atoms with van der Waals surface area (Å²) in [6, 6.07) is 9.72. The Labute approximate surface area is 120 Å². The quantitative estimate of drug-likeness (QED) is 0.875. The van der Waals surface area contributed by atoms with Crippen molar-refractivity contribution in [3.05, 3.63) is 41.6 Å². The first-order valence-electron chi connectivity index (χ1n) is 6.96. The molecule has 2 aromatic rings. The van der Waals surface area contributed by atoms with Gasteiger partial charge in [-0.05, 0) is 37.7 Å². The number of nitrogens with one attached hydrogen (secondary N) is 1. The van der Waals surface area contributed by atoms with Crippen molar-refractivity contribution in [2.45, 2.75) is 26.3 Å². The number of hydrogen-bond donors (Lipinski definition) is 1. The first kappa shape index (κ1) is 14.3. The van der Waals surface area contributed by atoms with Crippen LogP contribution in [0.3, 0.4) is 0 Å². The van der Waals surface area contributed by atoms with Crippen LogP contribution in [0.25, 0.3) is 11.3 Å². The number of hydrogen-bond acceptors (Lipinski definition) is 3. The fraction of sp³-hybridized carbons (Fsp3) is 0.375. The number of nitrogens with zero attached hydrogens (tertiary/aromatic N) is 3.